The van der Waals surface area contributed by atoms with E-state index in [0.29, 0.717) is 24.3 Å². The number of aromatic amines is 1. The van der Waals surface area contributed by atoms with Crippen LogP contribution in [0.1, 0.15) is 39.9 Å². The third kappa shape index (κ3) is 4.64. The fourth-order valence-corrected chi connectivity index (χ4v) is 2.28. The summed E-state index contributed by atoms with van der Waals surface area (Å²) in [6.45, 7) is 6.19. The van der Waals surface area contributed by atoms with E-state index in [2.05, 4.69) is 25.8 Å². The summed E-state index contributed by atoms with van der Waals surface area (Å²) in [7, 11) is 0. The Bertz CT molecular complexity index is 689. The van der Waals surface area contributed by atoms with Crippen LogP contribution in [0.5, 0.6) is 0 Å². The smallest absolute Gasteiger partial charge is 0.251 e. The molecule has 3 N–H and O–H groups in total. The van der Waals surface area contributed by atoms with Gasteiger partial charge in [0.1, 0.15) is 0 Å². The van der Waals surface area contributed by atoms with Gasteiger partial charge in [0.25, 0.3) is 5.91 Å². The molecule has 2 amide bonds. The summed E-state index contributed by atoms with van der Waals surface area (Å²) < 4.78 is 0. The maximum absolute atomic E-state index is 12.2. The number of pyridine rings is 1. The van der Waals surface area contributed by atoms with Crippen molar-refractivity contribution in [2.45, 2.75) is 33.7 Å². The molecule has 0 aliphatic rings. The van der Waals surface area contributed by atoms with Gasteiger partial charge in [0.15, 0.2) is 0 Å². The van der Waals surface area contributed by atoms with Crippen LogP contribution in [-0.4, -0.2) is 33.5 Å². The van der Waals surface area contributed by atoms with Gasteiger partial charge in [0.05, 0.1) is 17.9 Å². The Morgan fingerprint density at radius 1 is 1.26 bits per heavy atom. The van der Waals surface area contributed by atoms with Gasteiger partial charge in [-0.15, -0.1) is 0 Å². The van der Waals surface area contributed by atoms with Crippen LogP contribution in [0.15, 0.2) is 18.3 Å². The van der Waals surface area contributed by atoms with E-state index in [4.69, 9.17) is 0 Å². The number of aryl methyl sites for hydroxylation is 2. The molecule has 0 aliphatic carbocycles. The summed E-state index contributed by atoms with van der Waals surface area (Å²) >= 11 is 0. The summed E-state index contributed by atoms with van der Waals surface area (Å²) in [5.41, 5.74) is 4.29. The number of carbonyl (C=O) groups excluding carboxylic acids is 2. The van der Waals surface area contributed by atoms with Gasteiger partial charge >= 0.3 is 0 Å². The molecular formula is C16H21N5O2. The highest BCUT2D eigenvalue weighted by molar-refractivity contribution is 5.94. The number of amides is 2. The predicted molar refractivity (Wildman–Crippen MR) is 85.9 cm³/mol. The number of carbonyl (C=O) groups is 2. The van der Waals surface area contributed by atoms with Gasteiger partial charge in [-0.1, -0.05) is 0 Å². The Hall–Kier alpha value is -2.70. The number of rotatable bonds is 6. The maximum Gasteiger partial charge on any atom is 0.251 e. The number of nitrogens with one attached hydrogen (secondary N) is 3. The molecule has 23 heavy (non-hydrogen) atoms. The molecule has 2 rings (SSSR count). The standard InChI is InChI=1S/C16H21N5O2/c1-10-15(11(2)21-20-10)5-7-18-16(23)13-4-6-17-14(8-13)9-19-12(3)22/h4,6,8H,5,7,9H2,1-3H3,(H,18,23)(H,19,22)(H,20,21). The second kappa shape index (κ2) is 7.53. The minimum atomic E-state index is -0.157. The Balaban J connectivity index is 1.90. The molecule has 122 valence electrons. The van der Waals surface area contributed by atoms with Crippen molar-refractivity contribution in [1.82, 2.24) is 25.8 Å². The molecule has 0 unspecified atom stereocenters. The molecule has 0 aromatic carbocycles. The zero-order chi connectivity index (χ0) is 16.8. The highest BCUT2D eigenvalue weighted by atomic mass is 16.2. The third-order valence-electron chi connectivity index (χ3n) is 3.54. The van der Waals surface area contributed by atoms with E-state index in [1.54, 1.807) is 18.3 Å². The Labute approximate surface area is 134 Å². The highest BCUT2D eigenvalue weighted by Gasteiger charge is 2.09. The molecule has 2 heterocycles. The van der Waals surface area contributed by atoms with Crippen LogP contribution in [0.2, 0.25) is 0 Å². The summed E-state index contributed by atoms with van der Waals surface area (Å²) in [6, 6.07) is 3.33. The lowest BCUT2D eigenvalue weighted by Gasteiger charge is -2.07. The van der Waals surface area contributed by atoms with Crippen LogP contribution in [-0.2, 0) is 17.8 Å². The molecule has 2 aromatic rings. The van der Waals surface area contributed by atoms with E-state index in [-0.39, 0.29) is 11.8 Å². The lowest BCUT2D eigenvalue weighted by molar-refractivity contribution is -0.119. The monoisotopic (exact) mass is 315 g/mol. The molecule has 0 bridgehead atoms. The fraction of sp³-hybridized carbons (Fsp3) is 0.375. The fourth-order valence-electron chi connectivity index (χ4n) is 2.28. The van der Waals surface area contributed by atoms with Gasteiger partial charge < -0.3 is 10.6 Å². The molecule has 7 heteroatoms. The first kappa shape index (κ1) is 16.7. The van der Waals surface area contributed by atoms with Crippen LogP contribution in [0.3, 0.4) is 0 Å². The molecule has 0 radical (unpaired) electrons. The van der Waals surface area contributed by atoms with E-state index in [1.165, 1.54) is 6.92 Å². The molecule has 0 saturated carbocycles. The summed E-state index contributed by atoms with van der Waals surface area (Å²) in [5, 5.41) is 12.6. The van der Waals surface area contributed by atoms with E-state index in [0.717, 1.165) is 23.4 Å². The number of nitrogens with zero attached hydrogens (tertiary/aromatic N) is 2. The largest absolute Gasteiger partial charge is 0.352 e. The molecule has 0 aliphatic heterocycles. The van der Waals surface area contributed by atoms with Crippen molar-refractivity contribution < 1.29 is 9.59 Å². The summed E-state index contributed by atoms with van der Waals surface area (Å²) in [6.07, 6.45) is 2.29. The minimum absolute atomic E-state index is 0.132. The van der Waals surface area contributed by atoms with Gasteiger partial charge in [-0.2, -0.15) is 5.10 Å². The number of hydrogen-bond acceptors (Lipinski definition) is 4. The average molecular weight is 315 g/mol. The van der Waals surface area contributed by atoms with Crippen molar-refractivity contribution in [1.29, 1.82) is 0 Å². The maximum atomic E-state index is 12.2. The van der Waals surface area contributed by atoms with Crippen molar-refractivity contribution >= 4 is 11.8 Å². The number of aromatic nitrogens is 3. The lowest BCUT2D eigenvalue weighted by Crippen LogP contribution is -2.26. The van der Waals surface area contributed by atoms with Crippen LogP contribution < -0.4 is 10.6 Å². The quantitative estimate of drug-likeness (QED) is 0.741. The average Bonchev–Trinajstić information content (AvgIpc) is 2.85. The van der Waals surface area contributed by atoms with E-state index in [1.807, 2.05) is 13.8 Å². The molecule has 0 saturated heterocycles. The van der Waals surface area contributed by atoms with Crippen molar-refractivity contribution in [2.24, 2.45) is 0 Å². The Morgan fingerprint density at radius 3 is 2.70 bits per heavy atom. The predicted octanol–water partition coefficient (Wildman–Crippen LogP) is 1.03. The van der Waals surface area contributed by atoms with Gasteiger partial charge in [0, 0.05) is 30.9 Å². The molecule has 2 aromatic heterocycles. The summed E-state index contributed by atoms with van der Waals surface area (Å²) in [5.74, 6) is -0.289. The van der Waals surface area contributed by atoms with Crippen LogP contribution >= 0.6 is 0 Å². The van der Waals surface area contributed by atoms with Gasteiger partial charge in [-0.25, -0.2) is 0 Å². The first-order valence-electron chi connectivity index (χ1n) is 7.45. The molecule has 0 fully saturated rings. The normalized spacial score (nSPS) is 10.4. The SMILES string of the molecule is CC(=O)NCc1cc(C(=O)NCCc2c(C)n[nH]c2C)ccn1. The number of hydrogen-bond donors (Lipinski definition) is 3. The first-order chi connectivity index (χ1) is 11.0. The number of H-pyrrole nitrogens is 1. The Morgan fingerprint density at radius 2 is 2.04 bits per heavy atom. The molecule has 0 atom stereocenters. The van der Waals surface area contributed by atoms with E-state index in [9.17, 15) is 9.59 Å². The van der Waals surface area contributed by atoms with Gasteiger partial charge in [0.2, 0.25) is 5.91 Å². The zero-order valence-corrected chi connectivity index (χ0v) is 13.6. The van der Waals surface area contributed by atoms with Crippen LogP contribution in [0.25, 0.3) is 0 Å². The Kier molecular flexibility index (Phi) is 5.46. The second-order valence-corrected chi connectivity index (χ2v) is 5.36. The summed E-state index contributed by atoms with van der Waals surface area (Å²) in [4.78, 5) is 27.2. The van der Waals surface area contributed by atoms with Crippen LogP contribution in [0.4, 0.5) is 0 Å². The lowest BCUT2D eigenvalue weighted by atomic mass is 10.1. The van der Waals surface area contributed by atoms with Crippen molar-refractivity contribution in [3.8, 4) is 0 Å². The molecule has 7 nitrogen and oxygen atoms in total. The van der Waals surface area contributed by atoms with E-state index >= 15 is 0 Å². The van der Waals surface area contributed by atoms with Crippen molar-refractivity contribution in [3.05, 3.63) is 46.5 Å². The topological polar surface area (TPSA) is 99.8 Å². The van der Waals surface area contributed by atoms with Crippen molar-refractivity contribution in [3.63, 3.8) is 0 Å². The van der Waals surface area contributed by atoms with Crippen LogP contribution in [0, 0.1) is 13.8 Å². The molecule has 0 spiro atoms. The first-order valence-corrected chi connectivity index (χ1v) is 7.45. The minimum Gasteiger partial charge on any atom is -0.352 e. The molecular weight excluding hydrogens is 294 g/mol. The van der Waals surface area contributed by atoms with E-state index < -0.39 is 0 Å². The van der Waals surface area contributed by atoms with Gasteiger partial charge in [-0.05, 0) is 38.0 Å². The van der Waals surface area contributed by atoms with Crippen molar-refractivity contribution in [2.75, 3.05) is 6.54 Å². The zero-order valence-electron chi connectivity index (χ0n) is 13.6. The second-order valence-electron chi connectivity index (χ2n) is 5.36. The van der Waals surface area contributed by atoms with Gasteiger partial charge in [-0.3, -0.25) is 19.7 Å². The third-order valence-corrected chi connectivity index (χ3v) is 3.54. The highest BCUT2D eigenvalue weighted by Crippen LogP contribution is 2.09.